The van der Waals surface area contributed by atoms with E-state index >= 15 is 0 Å². The molecule has 0 saturated heterocycles. The Morgan fingerprint density at radius 2 is 1.89 bits per heavy atom. The first-order valence-electron chi connectivity index (χ1n) is 5.89. The summed E-state index contributed by atoms with van der Waals surface area (Å²) in [6.45, 7) is 0. The van der Waals surface area contributed by atoms with E-state index in [1.807, 2.05) is 36.4 Å². The van der Waals surface area contributed by atoms with Gasteiger partial charge in [0.25, 0.3) is 0 Å². The first-order chi connectivity index (χ1) is 8.75. The van der Waals surface area contributed by atoms with Crippen LogP contribution in [0.2, 0.25) is 0 Å². The van der Waals surface area contributed by atoms with Gasteiger partial charge in [-0.3, -0.25) is 0 Å². The fraction of sp³-hybridized carbons (Fsp3) is 0.133. The van der Waals surface area contributed by atoms with Gasteiger partial charge in [0.1, 0.15) is 16.8 Å². The molecule has 2 aromatic rings. The van der Waals surface area contributed by atoms with Gasteiger partial charge >= 0.3 is 0 Å². The van der Waals surface area contributed by atoms with Crippen LogP contribution in [0.25, 0.3) is 0 Å². The van der Waals surface area contributed by atoms with Crippen LogP contribution in [0.1, 0.15) is 22.8 Å². The van der Waals surface area contributed by atoms with Crippen LogP contribution in [0.5, 0.6) is 5.75 Å². The Morgan fingerprint density at radius 1 is 1.11 bits per heavy atom. The van der Waals surface area contributed by atoms with E-state index in [9.17, 15) is 0 Å². The zero-order chi connectivity index (χ0) is 12.5. The summed E-state index contributed by atoms with van der Waals surface area (Å²) in [6.07, 6.45) is 0.893. The minimum Gasteiger partial charge on any atom is -0.485 e. The number of benzene rings is 2. The van der Waals surface area contributed by atoms with Gasteiger partial charge in [-0.25, -0.2) is 0 Å². The molecule has 1 heterocycles. The maximum absolute atomic E-state index is 5.97. The molecule has 3 rings (SSSR count). The van der Waals surface area contributed by atoms with Crippen molar-refractivity contribution in [2.45, 2.75) is 12.5 Å². The van der Waals surface area contributed by atoms with Crippen LogP contribution in [0, 0.1) is 0 Å². The van der Waals surface area contributed by atoms with Crippen LogP contribution in [-0.4, -0.2) is 4.99 Å². The van der Waals surface area contributed by atoms with Crippen LogP contribution in [-0.2, 0) is 6.42 Å². The molecule has 0 unspecified atom stereocenters. The van der Waals surface area contributed by atoms with Crippen LogP contribution >= 0.6 is 12.2 Å². The minimum atomic E-state index is 0.0664. The summed E-state index contributed by atoms with van der Waals surface area (Å²) in [5, 5.41) is 0. The molecule has 0 amide bonds. The van der Waals surface area contributed by atoms with Crippen LogP contribution in [0.15, 0.2) is 48.5 Å². The molecular weight excluding hydrogens is 242 g/mol. The van der Waals surface area contributed by atoms with Crippen LogP contribution in [0.3, 0.4) is 0 Å². The van der Waals surface area contributed by atoms with Crippen molar-refractivity contribution >= 4 is 17.2 Å². The molecule has 0 aliphatic carbocycles. The maximum atomic E-state index is 5.97. The zero-order valence-corrected chi connectivity index (χ0v) is 10.6. The Balaban J connectivity index is 1.97. The minimum absolute atomic E-state index is 0.0664. The van der Waals surface area contributed by atoms with Crippen molar-refractivity contribution in [2.24, 2.45) is 5.73 Å². The summed E-state index contributed by atoms with van der Waals surface area (Å²) < 4.78 is 5.97. The van der Waals surface area contributed by atoms with Crippen molar-refractivity contribution in [3.63, 3.8) is 0 Å². The molecule has 1 atom stereocenters. The van der Waals surface area contributed by atoms with Crippen molar-refractivity contribution in [2.75, 3.05) is 0 Å². The predicted octanol–water partition coefficient (Wildman–Crippen LogP) is 3.00. The van der Waals surface area contributed by atoms with E-state index < -0.39 is 0 Å². The van der Waals surface area contributed by atoms with Crippen LogP contribution in [0.4, 0.5) is 0 Å². The number of hydrogen-bond donors (Lipinski definition) is 1. The third kappa shape index (κ3) is 1.87. The molecular formula is C15H13NOS. The summed E-state index contributed by atoms with van der Waals surface area (Å²) in [6, 6.07) is 16.1. The molecule has 0 spiro atoms. The molecule has 0 saturated carbocycles. The quantitative estimate of drug-likeness (QED) is 0.838. The SMILES string of the molecule is NC(=S)c1cccc2c1C[C@H](c1ccccc1)O2. The highest BCUT2D eigenvalue weighted by Gasteiger charge is 2.26. The Bertz CT molecular complexity index is 595. The maximum Gasteiger partial charge on any atom is 0.128 e. The van der Waals surface area contributed by atoms with E-state index in [2.05, 4.69) is 12.1 Å². The monoisotopic (exact) mass is 255 g/mol. The lowest BCUT2D eigenvalue weighted by Gasteiger charge is -2.10. The number of hydrogen-bond acceptors (Lipinski definition) is 2. The molecule has 90 valence electrons. The van der Waals surface area contributed by atoms with Gasteiger partial charge in [-0.15, -0.1) is 0 Å². The van der Waals surface area contributed by atoms with Gasteiger partial charge in [0.05, 0.1) is 0 Å². The molecule has 3 heteroatoms. The van der Waals surface area contributed by atoms with Gasteiger partial charge in [0.15, 0.2) is 0 Å². The number of ether oxygens (including phenoxy) is 1. The fourth-order valence-corrected chi connectivity index (χ4v) is 2.54. The van der Waals surface area contributed by atoms with Gasteiger partial charge in [0.2, 0.25) is 0 Å². The molecule has 2 nitrogen and oxygen atoms in total. The number of rotatable bonds is 2. The third-order valence-corrected chi connectivity index (χ3v) is 3.45. The highest BCUT2D eigenvalue weighted by molar-refractivity contribution is 7.80. The van der Waals surface area contributed by atoms with Crippen molar-refractivity contribution in [3.8, 4) is 5.75 Å². The summed E-state index contributed by atoms with van der Waals surface area (Å²) in [7, 11) is 0. The molecule has 2 aromatic carbocycles. The lowest BCUT2D eigenvalue weighted by atomic mass is 10.00. The Kier molecular flexibility index (Phi) is 2.76. The normalized spacial score (nSPS) is 17.0. The van der Waals surface area contributed by atoms with E-state index in [-0.39, 0.29) is 6.10 Å². The molecule has 2 N–H and O–H groups in total. The van der Waals surface area contributed by atoms with E-state index in [1.54, 1.807) is 0 Å². The Labute approximate surface area is 111 Å². The second kappa shape index (κ2) is 4.42. The summed E-state index contributed by atoms with van der Waals surface area (Å²) >= 11 is 5.08. The lowest BCUT2D eigenvalue weighted by molar-refractivity contribution is 0.238. The molecule has 1 aliphatic heterocycles. The Hall–Kier alpha value is -1.87. The third-order valence-electron chi connectivity index (χ3n) is 3.23. The molecule has 18 heavy (non-hydrogen) atoms. The smallest absolute Gasteiger partial charge is 0.128 e. The van der Waals surface area contributed by atoms with Gasteiger partial charge < -0.3 is 10.5 Å². The molecule has 0 radical (unpaired) electrons. The van der Waals surface area contributed by atoms with E-state index in [1.165, 1.54) is 5.56 Å². The van der Waals surface area contributed by atoms with Gasteiger partial charge in [-0.05, 0) is 11.6 Å². The topological polar surface area (TPSA) is 35.2 Å². The summed E-state index contributed by atoms with van der Waals surface area (Å²) in [4.78, 5) is 0.434. The Morgan fingerprint density at radius 3 is 2.61 bits per heavy atom. The average molecular weight is 255 g/mol. The number of nitrogens with two attached hydrogens (primary N) is 1. The summed E-state index contributed by atoms with van der Waals surface area (Å²) in [5.41, 5.74) is 8.99. The van der Waals surface area contributed by atoms with E-state index in [4.69, 9.17) is 22.7 Å². The van der Waals surface area contributed by atoms with Crippen molar-refractivity contribution in [1.82, 2.24) is 0 Å². The van der Waals surface area contributed by atoms with Crippen molar-refractivity contribution < 1.29 is 4.74 Å². The second-order valence-corrected chi connectivity index (χ2v) is 4.81. The number of fused-ring (bicyclic) bond motifs is 1. The zero-order valence-electron chi connectivity index (χ0n) is 9.80. The summed E-state index contributed by atoms with van der Waals surface area (Å²) in [5.74, 6) is 0.897. The predicted molar refractivity (Wildman–Crippen MR) is 75.8 cm³/mol. The van der Waals surface area contributed by atoms with E-state index in [0.29, 0.717) is 4.99 Å². The standard InChI is InChI=1S/C15H13NOS/c16-15(18)11-7-4-8-13-12(11)9-14(17-13)10-5-2-1-3-6-10/h1-8,14H,9H2,(H2,16,18)/t14-/m1/s1. The van der Waals surface area contributed by atoms with Crippen LogP contribution < -0.4 is 10.5 Å². The largest absolute Gasteiger partial charge is 0.485 e. The fourth-order valence-electron chi connectivity index (χ4n) is 2.35. The first kappa shape index (κ1) is 11.2. The average Bonchev–Trinajstić information content (AvgIpc) is 2.83. The van der Waals surface area contributed by atoms with Crippen molar-refractivity contribution in [1.29, 1.82) is 0 Å². The molecule has 0 aromatic heterocycles. The second-order valence-electron chi connectivity index (χ2n) is 4.37. The molecule has 0 fully saturated rings. The van der Waals surface area contributed by atoms with Gasteiger partial charge in [-0.2, -0.15) is 0 Å². The molecule has 0 bridgehead atoms. The highest BCUT2D eigenvalue weighted by atomic mass is 32.1. The molecule has 1 aliphatic rings. The first-order valence-corrected chi connectivity index (χ1v) is 6.30. The van der Waals surface area contributed by atoms with Gasteiger partial charge in [0, 0.05) is 17.5 Å². The van der Waals surface area contributed by atoms with E-state index in [0.717, 1.165) is 23.3 Å². The van der Waals surface area contributed by atoms with Gasteiger partial charge in [-0.1, -0.05) is 54.7 Å². The lowest BCUT2D eigenvalue weighted by Crippen LogP contribution is -2.11. The van der Waals surface area contributed by atoms with Crippen molar-refractivity contribution in [3.05, 3.63) is 65.2 Å². The number of thiocarbonyl (C=S) groups is 1. The highest BCUT2D eigenvalue weighted by Crippen LogP contribution is 2.38.